The zero-order valence-corrected chi connectivity index (χ0v) is 8.82. The molecule has 0 fully saturated rings. The monoisotopic (exact) mass is 196 g/mol. The fourth-order valence-electron chi connectivity index (χ4n) is 1.04. The molecule has 0 atom stereocenters. The number of nitrogens with one attached hydrogen (secondary N) is 1. The zero-order chi connectivity index (χ0) is 10.4. The maximum Gasteiger partial charge on any atom is 0.218 e. The van der Waals surface area contributed by atoms with E-state index in [9.17, 15) is 0 Å². The van der Waals surface area contributed by atoms with Crippen LogP contribution in [0.4, 0.5) is 5.82 Å². The Kier molecular flexibility index (Phi) is 4.12. The molecule has 1 aromatic heterocycles. The van der Waals surface area contributed by atoms with Crippen LogP contribution < -0.4 is 15.0 Å². The van der Waals surface area contributed by atoms with E-state index in [2.05, 4.69) is 15.3 Å². The van der Waals surface area contributed by atoms with Crippen LogP contribution in [-0.2, 0) is 0 Å². The number of ether oxygens (including phenoxy) is 1. The zero-order valence-electron chi connectivity index (χ0n) is 8.82. The van der Waals surface area contributed by atoms with Gasteiger partial charge in [0.15, 0.2) is 0 Å². The van der Waals surface area contributed by atoms with Crippen molar-refractivity contribution in [2.75, 3.05) is 39.2 Å². The molecule has 0 aliphatic rings. The van der Waals surface area contributed by atoms with Gasteiger partial charge in [0.1, 0.15) is 12.1 Å². The van der Waals surface area contributed by atoms with E-state index < -0.39 is 0 Å². The summed E-state index contributed by atoms with van der Waals surface area (Å²) in [7, 11) is 5.51. The molecule has 0 bridgehead atoms. The smallest absolute Gasteiger partial charge is 0.218 e. The Morgan fingerprint density at radius 2 is 2.29 bits per heavy atom. The first-order valence-electron chi connectivity index (χ1n) is 4.49. The van der Waals surface area contributed by atoms with Crippen molar-refractivity contribution in [2.24, 2.45) is 0 Å². The lowest BCUT2D eigenvalue weighted by molar-refractivity contribution is 0.397. The van der Waals surface area contributed by atoms with Gasteiger partial charge in [-0.3, -0.25) is 0 Å². The van der Waals surface area contributed by atoms with Crippen LogP contribution in [0.2, 0.25) is 0 Å². The lowest BCUT2D eigenvalue weighted by atomic mass is 10.4. The highest BCUT2D eigenvalue weighted by Gasteiger charge is 2.03. The third kappa shape index (κ3) is 2.85. The summed E-state index contributed by atoms with van der Waals surface area (Å²) in [5.41, 5.74) is 0. The topological polar surface area (TPSA) is 50.3 Å². The van der Waals surface area contributed by atoms with Gasteiger partial charge < -0.3 is 15.0 Å². The molecule has 0 aromatic carbocycles. The van der Waals surface area contributed by atoms with Crippen LogP contribution in [0, 0.1) is 0 Å². The highest BCUT2D eigenvalue weighted by atomic mass is 16.5. The molecule has 0 spiro atoms. The summed E-state index contributed by atoms with van der Waals surface area (Å²) >= 11 is 0. The average Bonchev–Trinajstić information content (AvgIpc) is 2.26. The third-order valence-corrected chi connectivity index (χ3v) is 1.93. The van der Waals surface area contributed by atoms with Gasteiger partial charge in [-0.1, -0.05) is 0 Å². The molecule has 1 rings (SSSR count). The Hall–Kier alpha value is -1.36. The fraction of sp³-hybridized carbons (Fsp3) is 0.556. The minimum Gasteiger partial charge on any atom is -0.481 e. The van der Waals surface area contributed by atoms with Gasteiger partial charge in [-0.25, -0.2) is 9.97 Å². The lowest BCUT2D eigenvalue weighted by Gasteiger charge is -2.17. The third-order valence-electron chi connectivity index (χ3n) is 1.93. The molecule has 0 aliphatic carbocycles. The average molecular weight is 196 g/mol. The lowest BCUT2D eigenvalue weighted by Crippen LogP contribution is -2.27. The van der Waals surface area contributed by atoms with Crippen molar-refractivity contribution in [3.05, 3.63) is 12.4 Å². The van der Waals surface area contributed by atoms with Crippen molar-refractivity contribution in [3.63, 3.8) is 0 Å². The number of rotatable bonds is 5. The van der Waals surface area contributed by atoms with E-state index in [4.69, 9.17) is 4.74 Å². The van der Waals surface area contributed by atoms with Crippen molar-refractivity contribution >= 4 is 5.82 Å². The van der Waals surface area contributed by atoms with Crippen LogP contribution in [-0.4, -0.2) is 44.3 Å². The Morgan fingerprint density at radius 3 is 2.93 bits per heavy atom. The van der Waals surface area contributed by atoms with Crippen LogP contribution in [0.1, 0.15) is 0 Å². The van der Waals surface area contributed by atoms with Crippen LogP contribution >= 0.6 is 0 Å². The van der Waals surface area contributed by atoms with Crippen LogP contribution in [0.15, 0.2) is 12.4 Å². The SMILES string of the molecule is CNCCN(C)c1cc(OC)ncn1. The molecule has 0 saturated heterocycles. The molecule has 5 nitrogen and oxygen atoms in total. The summed E-state index contributed by atoms with van der Waals surface area (Å²) in [5.74, 6) is 1.46. The predicted molar refractivity (Wildman–Crippen MR) is 55.8 cm³/mol. The molecule has 0 unspecified atom stereocenters. The van der Waals surface area contributed by atoms with Gasteiger partial charge in [0.2, 0.25) is 5.88 Å². The molecule has 0 amide bonds. The fourth-order valence-corrected chi connectivity index (χ4v) is 1.04. The van der Waals surface area contributed by atoms with E-state index in [1.807, 2.05) is 25.1 Å². The molecule has 1 N–H and O–H groups in total. The van der Waals surface area contributed by atoms with Gasteiger partial charge in [0.25, 0.3) is 0 Å². The number of anilines is 1. The maximum atomic E-state index is 5.02. The number of nitrogens with zero attached hydrogens (tertiary/aromatic N) is 3. The standard InChI is InChI=1S/C9H16N4O/c1-10-4-5-13(2)8-6-9(14-3)12-7-11-8/h6-7,10H,4-5H2,1-3H3. The first-order chi connectivity index (χ1) is 6.77. The summed E-state index contributed by atoms with van der Waals surface area (Å²) < 4.78 is 5.02. The highest BCUT2D eigenvalue weighted by molar-refractivity contribution is 5.39. The second-order valence-corrected chi connectivity index (χ2v) is 2.94. The Balaban J connectivity index is 2.64. The summed E-state index contributed by atoms with van der Waals surface area (Å²) in [6.45, 7) is 1.82. The Labute approximate surface area is 84.1 Å². The largest absolute Gasteiger partial charge is 0.481 e. The van der Waals surface area contributed by atoms with Gasteiger partial charge >= 0.3 is 0 Å². The van der Waals surface area contributed by atoms with Gasteiger partial charge in [-0.2, -0.15) is 0 Å². The summed E-state index contributed by atoms with van der Waals surface area (Å²) in [6, 6.07) is 1.82. The molecule has 5 heteroatoms. The molecular formula is C9H16N4O. The van der Waals surface area contributed by atoms with Crippen molar-refractivity contribution < 1.29 is 4.74 Å². The Bertz CT molecular complexity index is 279. The van der Waals surface area contributed by atoms with Gasteiger partial charge in [-0.05, 0) is 7.05 Å². The molecular weight excluding hydrogens is 180 g/mol. The maximum absolute atomic E-state index is 5.02. The van der Waals surface area contributed by atoms with E-state index in [1.165, 1.54) is 6.33 Å². The Morgan fingerprint density at radius 1 is 1.50 bits per heavy atom. The predicted octanol–water partition coefficient (Wildman–Crippen LogP) is 0.141. The van der Waals surface area contributed by atoms with E-state index in [1.54, 1.807) is 7.11 Å². The van der Waals surface area contributed by atoms with Crippen molar-refractivity contribution in [1.29, 1.82) is 0 Å². The van der Waals surface area contributed by atoms with Gasteiger partial charge in [-0.15, -0.1) is 0 Å². The minimum absolute atomic E-state index is 0.589. The first kappa shape index (κ1) is 10.7. The van der Waals surface area contributed by atoms with Crippen LogP contribution in [0.25, 0.3) is 0 Å². The summed E-state index contributed by atoms with van der Waals surface area (Å²) in [5, 5.41) is 3.08. The van der Waals surface area contributed by atoms with E-state index in [0.717, 1.165) is 18.9 Å². The molecule has 78 valence electrons. The molecule has 14 heavy (non-hydrogen) atoms. The number of methoxy groups -OCH3 is 1. The summed E-state index contributed by atoms with van der Waals surface area (Å²) in [4.78, 5) is 10.1. The van der Waals surface area contributed by atoms with E-state index in [-0.39, 0.29) is 0 Å². The molecule has 1 heterocycles. The van der Waals surface area contributed by atoms with Crippen molar-refractivity contribution in [2.45, 2.75) is 0 Å². The number of aromatic nitrogens is 2. The van der Waals surface area contributed by atoms with Gasteiger partial charge in [0.05, 0.1) is 7.11 Å². The number of hydrogen-bond acceptors (Lipinski definition) is 5. The molecule has 0 aliphatic heterocycles. The normalized spacial score (nSPS) is 9.93. The number of likely N-dealkylation sites (N-methyl/N-ethyl adjacent to an activating group) is 2. The number of hydrogen-bond donors (Lipinski definition) is 1. The summed E-state index contributed by atoms with van der Waals surface area (Å²) in [6.07, 6.45) is 1.50. The quantitative estimate of drug-likeness (QED) is 0.726. The molecule has 0 radical (unpaired) electrons. The van der Waals surface area contributed by atoms with Crippen molar-refractivity contribution in [3.8, 4) is 5.88 Å². The second-order valence-electron chi connectivity index (χ2n) is 2.94. The van der Waals surface area contributed by atoms with E-state index >= 15 is 0 Å². The van der Waals surface area contributed by atoms with E-state index in [0.29, 0.717) is 5.88 Å². The van der Waals surface area contributed by atoms with Crippen LogP contribution in [0.5, 0.6) is 5.88 Å². The molecule has 0 saturated carbocycles. The first-order valence-corrected chi connectivity index (χ1v) is 4.49. The second kappa shape index (κ2) is 5.39. The highest BCUT2D eigenvalue weighted by Crippen LogP contribution is 2.12. The minimum atomic E-state index is 0.589. The van der Waals surface area contributed by atoms with Crippen LogP contribution in [0.3, 0.4) is 0 Å². The molecule has 1 aromatic rings. The van der Waals surface area contributed by atoms with Crippen molar-refractivity contribution in [1.82, 2.24) is 15.3 Å². The van der Waals surface area contributed by atoms with Gasteiger partial charge in [0, 0.05) is 26.2 Å².